The second kappa shape index (κ2) is 8.46. The molecular weight excluding hydrogens is 424 g/mol. The highest BCUT2D eigenvalue weighted by Gasteiger charge is 2.36. The Kier molecular flexibility index (Phi) is 5.34. The SMILES string of the molecule is O=C(Nc1ccoc1C(=O)NC1CC(C(=O)O)C1)OCC1c2ccccc2-c2ccccc21. The van der Waals surface area contributed by atoms with Crippen LogP contribution >= 0.6 is 0 Å². The number of carboxylic acid groups (broad SMARTS) is 1. The van der Waals surface area contributed by atoms with Gasteiger partial charge in [0, 0.05) is 18.0 Å². The first-order valence-electron chi connectivity index (χ1n) is 10.7. The Morgan fingerprint density at radius 1 is 0.970 bits per heavy atom. The lowest BCUT2D eigenvalue weighted by Gasteiger charge is -2.32. The van der Waals surface area contributed by atoms with Crippen LogP contribution in [0.25, 0.3) is 11.1 Å². The third-order valence-electron chi connectivity index (χ3n) is 6.27. The van der Waals surface area contributed by atoms with Crippen LogP contribution in [-0.4, -0.2) is 35.7 Å². The first-order valence-corrected chi connectivity index (χ1v) is 10.7. The molecule has 1 fully saturated rings. The summed E-state index contributed by atoms with van der Waals surface area (Å²) >= 11 is 0. The number of ether oxygens (including phenoxy) is 1. The van der Waals surface area contributed by atoms with E-state index >= 15 is 0 Å². The number of nitrogens with one attached hydrogen (secondary N) is 2. The molecule has 0 unspecified atom stereocenters. The van der Waals surface area contributed by atoms with Crippen molar-refractivity contribution in [2.45, 2.75) is 24.8 Å². The van der Waals surface area contributed by atoms with E-state index in [-0.39, 0.29) is 30.0 Å². The molecule has 1 saturated carbocycles. The minimum absolute atomic E-state index is 0.0534. The van der Waals surface area contributed by atoms with Gasteiger partial charge in [-0.25, -0.2) is 4.79 Å². The summed E-state index contributed by atoms with van der Waals surface area (Å²) < 4.78 is 10.8. The number of anilines is 1. The van der Waals surface area contributed by atoms with Gasteiger partial charge in [0.15, 0.2) is 0 Å². The maximum Gasteiger partial charge on any atom is 0.411 e. The Bertz CT molecular complexity index is 1180. The number of fused-ring (bicyclic) bond motifs is 3. The predicted molar refractivity (Wildman–Crippen MR) is 119 cm³/mol. The van der Waals surface area contributed by atoms with E-state index in [4.69, 9.17) is 14.3 Å². The zero-order valence-corrected chi connectivity index (χ0v) is 17.6. The Labute approximate surface area is 189 Å². The van der Waals surface area contributed by atoms with Gasteiger partial charge < -0.3 is 19.6 Å². The first kappa shape index (κ1) is 20.8. The average molecular weight is 446 g/mol. The molecule has 2 amide bonds. The quantitative estimate of drug-likeness (QED) is 0.521. The molecule has 0 saturated heterocycles. The van der Waals surface area contributed by atoms with Crippen molar-refractivity contribution in [1.29, 1.82) is 0 Å². The standard InChI is InChI=1S/C25H22N2O6/c28-23(26-15-11-14(12-15)24(29)30)22-21(9-10-32-22)27-25(31)33-13-20-18-7-3-1-5-16(18)17-6-2-4-8-19(17)20/h1-10,14-15,20H,11-13H2,(H,26,28)(H,27,31)(H,29,30). The minimum Gasteiger partial charge on any atom is -0.481 e. The van der Waals surface area contributed by atoms with Crippen LogP contribution in [0.2, 0.25) is 0 Å². The van der Waals surface area contributed by atoms with Gasteiger partial charge in [-0.1, -0.05) is 48.5 Å². The minimum atomic E-state index is -0.865. The highest BCUT2D eigenvalue weighted by atomic mass is 16.5. The zero-order valence-electron chi connectivity index (χ0n) is 17.6. The normalized spacial score (nSPS) is 18.5. The van der Waals surface area contributed by atoms with Gasteiger partial charge in [0.2, 0.25) is 5.76 Å². The molecule has 0 atom stereocenters. The number of hydrogen-bond acceptors (Lipinski definition) is 5. The Morgan fingerprint density at radius 2 is 1.61 bits per heavy atom. The van der Waals surface area contributed by atoms with Crippen LogP contribution in [0.15, 0.2) is 65.3 Å². The average Bonchev–Trinajstić information content (AvgIpc) is 3.36. The highest BCUT2D eigenvalue weighted by molar-refractivity contribution is 6.00. The summed E-state index contributed by atoms with van der Waals surface area (Å²) in [6.07, 6.45) is 1.35. The molecule has 1 aromatic heterocycles. The largest absolute Gasteiger partial charge is 0.481 e. The summed E-state index contributed by atoms with van der Waals surface area (Å²) in [5, 5.41) is 14.3. The Morgan fingerprint density at radius 3 is 2.24 bits per heavy atom. The Balaban J connectivity index is 1.21. The fraction of sp³-hybridized carbons (Fsp3) is 0.240. The van der Waals surface area contributed by atoms with Gasteiger partial charge in [-0.2, -0.15) is 0 Å². The smallest absolute Gasteiger partial charge is 0.411 e. The van der Waals surface area contributed by atoms with Crippen molar-refractivity contribution in [3.63, 3.8) is 0 Å². The van der Waals surface area contributed by atoms with Crippen LogP contribution in [0, 0.1) is 5.92 Å². The summed E-state index contributed by atoms with van der Waals surface area (Å²) in [6, 6.07) is 17.3. The van der Waals surface area contributed by atoms with E-state index in [1.165, 1.54) is 12.3 Å². The van der Waals surface area contributed by atoms with Crippen LogP contribution in [-0.2, 0) is 9.53 Å². The molecule has 2 aliphatic carbocycles. The number of furan rings is 1. The topological polar surface area (TPSA) is 118 Å². The molecule has 2 aliphatic rings. The number of hydrogen-bond donors (Lipinski definition) is 3. The lowest BCUT2D eigenvalue weighted by atomic mass is 9.80. The number of carbonyl (C=O) groups is 3. The molecule has 0 aliphatic heterocycles. The van der Waals surface area contributed by atoms with Crippen molar-refractivity contribution in [2.24, 2.45) is 5.92 Å². The molecule has 0 spiro atoms. The first-order chi connectivity index (χ1) is 16.0. The predicted octanol–water partition coefficient (Wildman–Crippen LogP) is 4.23. The summed E-state index contributed by atoms with van der Waals surface area (Å²) in [7, 11) is 0. The summed E-state index contributed by atoms with van der Waals surface area (Å²) in [4.78, 5) is 35.9. The summed E-state index contributed by atoms with van der Waals surface area (Å²) in [5.74, 6) is -1.94. The van der Waals surface area contributed by atoms with E-state index in [2.05, 4.69) is 22.8 Å². The highest BCUT2D eigenvalue weighted by Crippen LogP contribution is 2.44. The van der Waals surface area contributed by atoms with Crippen molar-refractivity contribution >= 4 is 23.7 Å². The van der Waals surface area contributed by atoms with Gasteiger partial charge in [0.05, 0.1) is 17.9 Å². The van der Waals surface area contributed by atoms with E-state index in [0.29, 0.717) is 12.8 Å². The molecule has 2 aromatic carbocycles. The van der Waals surface area contributed by atoms with Gasteiger partial charge in [-0.05, 0) is 35.1 Å². The molecule has 33 heavy (non-hydrogen) atoms. The van der Waals surface area contributed by atoms with Crippen LogP contribution < -0.4 is 10.6 Å². The van der Waals surface area contributed by atoms with Crippen molar-refractivity contribution < 1.29 is 28.6 Å². The molecule has 3 N–H and O–H groups in total. The molecule has 0 bridgehead atoms. The summed E-state index contributed by atoms with van der Waals surface area (Å²) in [5.41, 5.74) is 4.68. The Hall–Kier alpha value is -4.07. The molecule has 1 heterocycles. The van der Waals surface area contributed by atoms with Gasteiger partial charge in [-0.3, -0.25) is 14.9 Å². The molecular formula is C25H22N2O6. The van der Waals surface area contributed by atoms with Crippen molar-refractivity contribution in [3.05, 3.63) is 77.7 Å². The summed E-state index contributed by atoms with van der Waals surface area (Å²) in [6.45, 7) is 0.151. The van der Waals surface area contributed by atoms with Gasteiger partial charge in [0.25, 0.3) is 5.91 Å². The van der Waals surface area contributed by atoms with E-state index in [9.17, 15) is 14.4 Å². The van der Waals surface area contributed by atoms with Gasteiger partial charge >= 0.3 is 12.1 Å². The molecule has 5 rings (SSSR count). The number of benzene rings is 2. The monoisotopic (exact) mass is 446 g/mol. The van der Waals surface area contributed by atoms with Crippen molar-refractivity contribution in [2.75, 3.05) is 11.9 Å². The number of aliphatic carboxylic acids is 1. The van der Waals surface area contributed by atoms with Crippen molar-refractivity contribution in [3.8, 4) is 11.1 Å². The lowest BCUT2D eigenvalue weighted by Crippen LogP contribution is -2.46. The van der Waals surface area contributed by atoms with E-state index in [1.807, 2.05) is 36.4 Å². The molecule has 3 aromatic rings. The molecule has 8 heteroatoms. The fourth-order valence-electron chi connectivity index (χ4n) is 4.52. The van der Waals surface area contributed by atoms with Crippen LogP contribution in [0.5, 0.6) is 0 Å². The maximum atomic E-state index is 12.5. The molecule has 168 valence electrons. The van der Waals surface area contributed by atoms with Crippen LogP contribution in [0.1, 0.15) is 40.4 Å². The van der Waals surface area contributed by atoms with Crippen LogP contribution in [0.4, 0.5) is 10.5 Å². The second-order valence-corrected chi connectivity index (χ2v) is 8.29. The maximum absolute atomic E-state index is 12.5. The number of carbonyl (C=O) groups excluding carboxylic acids is 2. The molecule has 0 radical (unpaired) electrons. The number of carboxylic acids is 1. The fourth-order valence-corrected chi connectivity index (χ4v) is 4.52. The van der Waals surface area contributed by atoms with E-state index in [0.717, 1.165) is 22.3 Å². The zero-order chi connectivity index (χ0) is 22.9. The van der Waals surface area contributed by atoms with E-state index < -0.39 is 23.9 Å². The third kappa shape index (κ3) is 3.95. The van der Waals surface area contributed by atoms with E-state index in [1.54, 1.807) is 0 Å². The van der Waals surface area contributed by atoms with Crippen LogP contribution in [0.3, 0.4) is 0 Å². The van der Waals surface area contributed by atoms with Crippen molar-refractivity contribution in [1.82, 2.24) is 5.32 Å². The second-order valence-electron chi connectivity index (χ2n) is 8.29. The lowest BCUT2D eigenvalue weighted by molar-refractivity contribution is -0.145. The third-order valence-corrected chi connectivity index (χ3v) is 6.27. The number of rotatable bonds is 6. The number of amides is 2. The van der Waals surface area contributed by atoms with Gasteiger partial charge in [0.1, 0.15) is 6.61 Å². The molecule has 8 nitrogen and oxygen atoms in total. The van der Waals surface area contributed by atoms with Gasteiger partial charge in [-0.15, -0.1) is 0 Å².